The molecule has 0 aliphatic heterocycles. The van der Waals surface area contributed by atoms with E-state index in [-0.39, 0.29) is 0 Å². The number of hydrogen-bond donors (Lipinski definition) is 3. The largest absolute Gasteiger partial charge is 0.444 e. The van der Waals surface area contributed by atoms with Gasteiger partial charge in [-0.15, -0.1) is 11.3 Å². The number of nitrogens with one attached hydrogen (secondary N) is 3. The number of guanidine groups is 1. The summed E-state index contributed by atoms with van der Waals surface area (Å²) in [5.74, 6) is 1.15. The number of ether oxygens (including phenoxy) is 1. The molecule has 0 aliphatic rings. The molecule has 0 spiro atoms. The van der Waals surface area contributed by atoms with Crippen molar-refractivity contribution in [2.45, 2.75) is 39.2 Å². The number of carbonyl (C=O) groups excluding carboxylic acids is 1. The molecule has 0 saturated carbocycles. The van der Waals surface area contributed by atoms with E-state index in [1.165, 1.54) is 4.88 Å². The van der Waals surface area contributed by atoms with Crippen LogP contribution in [-0.4, -0.2) is 44.3 Å². The maximum absolute atomic E-state index is 11.5. The van der Waals surface area contributed by atoms with Crippen molar-refractivity contribution >= 4 is 23.4 Å². The van der Waals surface area contributed by atoms with Crippen LogP contribution < -0.4 is 16.0 Å². The van der Waals surface area contributed by atoms with Crippen LogP contribution in [0.1, 0.15) is 38.5 Å². The lowest BCUT2D eigenvalue weighted by Gasteiger charge is -2.20. The standard InChI is InChI=1S/C16H28N4O2S/c1-12(13-7-6-10-23-13)11-20-14(17-5)18-8-9-19-15(21)22-16(2,3)4/h6-7,10,12H,8-9,11H2,1-5H3,(H,19,21)(H2,17,18,20). The van der Waals surface area contributed by atoms with Crippen molar-refractivity contribution in [3.8, 4) is 0 Å². The second-order valence-corrected chi connectivity index (χ2v) is 7.20. The van der Waals surface area contributed by atoms with Gasteiger partial charge in [0.05, 0.1) is 0 Å². The number of hydrogen-bond acceptors (Lipinski definition) is 4. The van der Waals surface area contributed by atoms with Gasteiger partial charge in [0.1, 0.15) is 5.60 Å². The van der Waals surface area contributed by atoms with Crippen LogP contribution in [0.15, 0.2) is 22.5 Å². The lowest BCUT2D eigenvalue weighted by Crippen LogP contribution is -2.43. The Morgan fingerprint density at radius 2 is 2.00 bits per heavy atom. The molecule has 3 N–H and O–H groups in total. The zero-order chi connectivity index (χ0) is 17.3. The van der Waals surface area contributed by atoms with Gasteiger partial charge in [-0.2, -0.15) is 0 Å². The number of amides is 1. The number of thiophene rings is 1. The Hall–Kier alpha value is -1.76. The number of carbonyl (C=O) groups is 1. The summed E-state index contributed by atoms with van der Waals surface area (Å²) in [6, 6.07) is 4.20. The molecular formula is C16H28N4O2S. The quantitative estimate of drug-likeness (QED) is 0.423. The first-order valence-electron chi connectivity index (χ1n) is 7.76. The van der Waals surface area contributed by atoms with Crippen molar-refractivity contribution < 1.29 is 9.53 Å². The van der Waals surface area contributed by atoms with E-state index in [4.69, 9.17) is 4.74 Å². The van der Waals surface area contributed by atoms with E-state index in [0.29, 0.717) is 19.0 Å². The zero-order valence-corrected chi connectivity index (χ0v) is 15.4. The highest BCUT2D eigenvalue weighted by molar-refractivity contribution is 7.10. The smallest absolute Gasteiger partial charge is 0.407 e. The summed E-state index contributed by atoms with van der Waals surface area (Å²) in [6.07, 6.45) is -0.409. The molecule has 1 rings (SSSR count). The SMILES string of the molecule is CN=C(NCCNC(=O)OC(C)(C)C)NCC(C)c1cccs1. The van der Waals surface area contributed by atoms with Crippen molar-refractivity contribution in [1.29, 1.82) is 0 Å². The molecule has 1 heterocycles. The van der Waals surface area contributed by atoms with Gasteiger partial charge >= 0.3 is 6.09 Å². The van der Waals surface area contributed by atoms with Crippen LogP contribution in [0.2, 0.25) is 0 Å². The van der Waals surface area contributed by atoms with Crippen molar-refractivity contribution in [3.63, 3.8) is 0 Å². The van der Waals surface area contributed by atoms with Gasteiger partial charge in [0.15, 0.2) is 5.96 Å². The lowest BCUT2D eigenvalue weighted by molar-refractivity contribution is 0.0529. The molecule has 0 bridgehead atoms. The van der Waals surface area contributed by atoms with Gasteiger partial charge in [0.2, 0.25) is 0 Å². The van der Waals surface area contributed by atoms with Gasteiger partial charge in [-0.1, -0.05) is 13.0 Å². The number of rotatable bonds is 6. The molecule has 1 aromatic heterocycles. The first-order chi connectivity index (χ1) is 10.8. The highest BCUT2D eigenvalue weighted by atomic mass is 32.1. The summed E-state index contributed by atoms with van der Waals surface area (Å²) in [5.41, 5.74) is -0.479. The Balaban J connectivity index is 2.21. The van der Waals surface area contributed by atoms with Gasteiger partial charge in [0, 0.05) is 37.5 Å². The maximum Gasteiger partial charge on any atom is 0.407 e. The molecule has 0 aromatic carbocycles. The molecule has 23 heavy (non-hydrogen) atoms. The topological polar surface area (TPSA) is 74.8 Å². The van der Waals surface area contributed by atoms with Crippen molar-refractivity contribution in [1.82, 2.24) is 16.0 Å². The second kappa shape index (κ2) is 9.39. The van der Waals surface area contributed by atoms with Crippen LogP contribution in [0.4, 0.5) is 4.79 Å². The molecule has 0 aliphatic carbocycles. The molecule has 1 amide bonds. The molecule has 1 aromatic rings. The minimum absolute atomic E-state index is 0.409. The highest BCUT2D eigenvalue weighted by Gasteiger charge is 2.15. The minimum atomic E-state index is -0.479. The van der Waals surface area contributed by atoms with Crippen LogP contribution in [-0.2, 0) is 4.74 Å². The maximum atomic E-state index is 11.5. The predicted octanol–water partition coefficient (Wildman–Crippen LogP) is 2.54. The number of alkyl carbamates (subject to hydrolysis) is 1. The fourth-order valence-electron chi connectivity index (χ4n) is 1.80. The average molecular weight is 340 g/mol. The summed E-state index contributed by atoms with van der Waals surface area (Å²) in [4.78, 5) is 17.0. The molecule has 0 saturated heterocycles. The van der Waals surface area contributed by atoms with Gasteiger partial charge in [0.25, 0.3) is 0 Å². The Kier molecular flexibility index (Phi) is 7.88. The minimum Gasteiger partial charge on any atom is -0.444 e. The Labute approximate surface area is 142 Å². The van der Waals surface area contributed by atoms with E-state index in [0.717, 1.165) is 12.5 Å². The molecule has 0 fully saturated rings. The normalized spacial score (nSPS) is 13.3. The summed E-state index contributed by atoms with van der Waals surface area (Å²) in [6.45, 7) is 9.54. The lowest BCUT2D eigenvalue weighted by atomic mass is 10.1. The van der Waals surface area contributed by atoms with Gasteiger partial charge in [-0.05, 0) is 32.2 Å². The molecule has 130 valence electrons. The Bertz CT molecular complexity index is 495. The highest BCUT2D eigenvalue weighted by Crippen LogP contribution is 2.19. The summed E-state index contributed by atoms with van der Waals surface area (Å²) >= 11 is 1.76. The second-order valence-electron chi connectivity index (χ2n) is 6.23. The van der Waals surface area contributed by atoms with Crippen molar-refractivity contribution in [2.75, 3.05) is 26.7 Å². The summed E-state index contributed by atoms with van der Waals surface area (Å²) < 4.78 is 5.17. The van der Waals surface area contributed by atoms with E-state index < -0.39 is 11.7 Å². The van der Waals surface area contributed by atoms with Gasteiger partial charge < -0.3 is 20.7 Å². The third-order valence-electron chi connectivity index (χ3n) is 2.91. The van der Waals surface area contributed by atoms with Crippen LogP contribution in [0.25, 0.3) is 0 Å². The van der Waals surface area contributed by atoms with Crippen LogP contribution >= 0.6 is 11.3 Å². The molecule has 6 nitrogen and oxygen atoms in total. The van der Waals surface area contributed by atoms with Crippen LogP contribution in [0.3, 0.4) is 0 Å². The van der Waals surface area contributed by atoms with E-state index in [2.05, 4.69) is 45.4 Å². The van der Waals surface area contributed by atoms with E-state index >= 15 is 0 Å². The van der Waals surface area contributed by atoms with E-state index in [1.807, 2.05) is 20.8 Å². The molecule has 7 heteroatoms. The number of nitrogens with zero attached hydrogens (tertiary/aromatic N) is 1. The predicted molar refractivity (Wildman–Crippen MR) is 96.3 cm³/mol. The molecule has 1 atom stereocenters. The van der Waals surface area contributed by atoms with E-state index in [1.54, 1.807) is 18.4 Å². The summed E-state index contributed by atoms with van der Waals surface area (Å²) in [7, 11) is 1.73. The third kappa shape index (κ3) is 8.44. The van der Waals surface area contributed by atoms with Crippen LogP contribution in [0.5, 0.6) is 0 Å². The monoisotopic (exact) mass is 340 g/mol. The molecule has 0 radical (unpaired) electrons. The first-order valence-corrected chi connectivity index (χ1v) is 8.64. The summed E-state index contributed by atoms with van der Waals surface area (Å²) in [5, 5.41) is 11.2. The van der Waals surface area contributed by atoms with Crippen LogP contribution in [0, 0.1) is 0 Å². The van der Waals surface area contributed by atoms with Gasteiger partial charge in [-0.25, -0.2) is 4.79 Å². The Morgan fingerprint density at radius 3 is 2.57 bits per heavy atom. The first kappa shape index (κ1) is 19.3. The number of aliphatic imine (C=N–C) groups is 1. The molecule has 1 unspecified atom stereocenters. The van der Waals surface area contributed by atoms with E-state index in [9.17, 15) is 4.79 Å². The molecular weight excluding hydrogens is 312 g/mol. The van der Waals surface area contributed by atoms with Gasteiger partial charge in [-0.3, -0.25) is 4.99 Å². The fourth-order valence-corrected chi connectivity index (χ4v) is 2.59. The zero-order valence-electron chi connectivity index (χ0n) is 14.6. The van der Waals surface area contributed by atoms with Crippen molar-refractivity contribution in [2.24, 2.45) is 4.99 Å². The average Bonchev–Trinajstić information content (AvgIpc) is 2.98. The Morgan fingerprint density at radius 1 is 1.30 bits per heavy atom. The fraction of sp³-hybridized carbons (Fsp3) is 0.625. The van der Waals surface area contributed by atoms with Crippen molar-refractivity contribution in [3.05, 3.63) is 22.4 Å². The third-order valence-corrected chi connectivity index (χ3v) is 4.02.